The molecule has 14 heavy (non-hydrogen) atoms. The van der Waals surface area contributed by atoms with Gasteiger partial charge in [0.05, 0.1) is 0 Å². The Morgan fingerprint density at radius 1 is 1.29 bits per heavy atom. The van der Waals surface area contributed by atoms with Crippen molar-refractivity contribution in [2.24, 2.45) is 0 Å². The van der Waals surface area contributed by atoms with Gasteiger partial charge >= 0.3 is 0 Å². The van der Waals surface area contributed by atoms with Crippen LogP contribution >= 0.6 is 0 Å². The third-order valence-electron chi connectivity index (χ3n) is 2.06. The Kier molecular flexibility index (Phi) is 3.47. The summed E-state index contributed by atoms with van der Waals surface area (Å²) in [5, 5.41) is 12.3. The minimum absolute atomic E-state index is 0.0881. The van der Waals surface area contributed by atoms with E-state index in [2.05, 4.69) is 5.32 Å². The summed E-state index contributed by atoms with van der Waals surface area (Å²) in [7, 11) is 0. The Balaban J connectivity index is 2.80. The average molecular weight is 197 g/mol. The van der Waals surface area contributed by atoms with Crippen molar-refractivity contribution in [3.05, 3.63) is 29.6 Å². The number of benzene rings is 1. The number of phenols is 1. The highest BCUT2D eigenvalue weighted by Gasteiger charge is 2.09. The van der Waals surface area contributed by atoms with Crippen LogP contribution in [0.5, 0.6) is 5.75 Å². The molecule has 0 heterocycles. The number of rotatable bonds is 3. The maximum absolute atomic E-state index is 13.0. The molecule has 2 N–H and O–H groups in total. The minimum atomic E-state index is -0.570. The van der Waals surface area contributed by atoms with Gasteiger partial charge in [0.1, 0.15) is 0 Å². The molecule has 0 unspecified atom stereocenters. The van der Waals surface area contributed by atoms with Crippen LogP contribution in [0.15, 0.2) is 18.2 Å². The zero-order chi connectivity index (χ0) is 10.7. The fraction of sp³-hybridized carbons (Fsp3) is 0.455. The van der Waals surface area contributed by atoms with E-state index in [1.54, 1.807) is 6.07 Å². The van der Waals surface area contributed by atoms with Crippen LogP contribution in [-0.2, 0) is 0 Å². The van der Waals surface area contributed by atoms with Gasteiger partial charge in [-0.05, 0) is 24.6 Å². The van der Waals surface area contributed by atoms with Gasteiger partial charge < -0.3 is 10.4 Å². The molecule has 0 bridgehead atoms. The Morgan fingerprint density at radius 3 is 2.43 bits per heavy atom. The maximum atomic E-state index is 13.0. The third-order valence-corrected chi connectivity index (χ3v) is 2.06. The van der Waals surface area contributed by atoms with E-state index in [0.717, 1.165) is 5.56 Å². The molecule has 2 nitrogen and oxygen atoms in total. The van der Waals surface area contributed by atoms with Gasteiger partial charge in [-0.3, -0.25) is 0 Å². The molecule has 1 rings (SSSR count). The quantitative estimate of drug-likeness (QED) is 0.780. The lowest BCUT2D eigenvalue weighted by Crippen LogP contribution is -2.26. The number of phenolic OH excluding ortho intramolecular Hbond substituents is 1. The fourth-order valence-electron chi connectivity index (χ4n) is 1.39. The zero-order valence-corrected chi connectivity index (χ0v) is 8.71. The molecule has 0 aromatic heterocycles. The van der Waals surface area contributed by atoms with E-state index in [1.165, 1.54) is 12.1 Å². The van der Waals surface area contributed by atoms with E-state index in [9.17, 15) is 4.39 Å². The molecule has 78 valence electrons. The molecule has 0 aliphatic carbocycles. The number of halogens is 1. The molecular weight excluding hydrogens is 181 g/mol. The van der Waals surface area contributed by atoms with E-state index in [1.807, 2.05) is 20.8 Å². The van der Waals surface area contributed by atoms with Crippen LogP contribution in [0.1, 0.15) is 32.4 Å². The SMILES string of the molecule is CC(C)N[C@@H](C)c1ccc(O)c(F)c1. The molecule has 1 aromatic carbocycles. The Bertz CT molecular complexity index is 312. The molecule has 1 atom stereocenters. The summed E-state index contributed by atoms with van der Waals surface area (Å²) in [4.78, 5) is 0. The normalized spacial score (nSPS) is 13.2. The molecule has 0 amide bonds. The molecule has 0 aliphatic heterocycles. The first-order chi connectivity index (χ1) is 6.50. The van der Waals surface area contributed by atoms with E-state index in [-0.39, 0.29) is 11.8 Å². The van der Waals surface area contributed by atoms with Gasteiger partial charge in [-0.1, -0.05) is 19.9 Å². The van der Waals surface area contributed by atoms with Crippen molar-refractivity contribution in [1.82, 2.24) is 5.32 Å². The summed E-state index contributed by atoms with van der Waals surface area (Å²) in [5.41, 5.74) is 0.842. The van der Waals surface area contributed by atoms with Crippen LogP contribution in [0.2, 0.25) is 0 Å². The molecule has 0 aliphatic rings. The summed E-state index contributed by atoms with van der Waals surface area (Å²) >= 11 is 0. The van der Waals surface area contributed by atoms with Crippen molar-refractivity contribution in [2.75, 3.05) is 0 Å². The van der Waals surface area contributed by atoms with E-state index < -0.39 is 5.82 Å². The molecule has 0 saturated heterocycles. The Labute approximate surface area is 83.8 Å². The monoisotopic (exact) mass is 197 g/mol. The molecular formula is C11H16FNO. The Morgan fingerprint density at radius 2 is 1.93 bits per heavy atom. The van der Waals surface area contributed by atoms with Crippen LogP contribution in [0.4, 0.5) is 4.39 Å². The number of hydrogen-bond donors (Lipinski definition) is 2. The second-order valence-electron chi connectivity index (χ2n) is 3.75. The molecule has 0 spiro atoms. The highest BCUT2D eigenvalue weighted by molar-refractivity contribution is 5.29. The van der Waals surface area contributed by atoms with Crippen LogP contribution in [0.3, 0.4) is 0 Å². The van der Waals surface area contributed by atoms with E-state index in [4.69, 9.17) is 5.11 Å². The number of hydrogen-bond acceptors (Lipinski definition) is 2. The number of aromatic hydroxyl groups is 1. The molecule has 0 radical (unpaired) electrons. The first-order valence-corrected chi connectivity index (χ1v) is 4.75. The molecule has 1 aromatic rings. The highest BCUT2D eigenvalue weighted by atomic mass is 19.1. The smallest absolute Gasteiger partial charge is 0.165 e. The van der Waals surface area contributed by atoms with Crippen LogP contribution in [0, 0.1) is 5.82 Å². The van der Waals surface area contributed by atoms with Crippen molar-refractivity contribution in [3.63, 3.8) is 0 Å². The highest BCUT2D eigenvalue weighted by Crippen LogP contribution is 2.20. The van der Waals surface area contributed by atoms with Gasteiger partial charge in [0, 0.05) is 12.1 Å². The largest absolute Gasteiger partial charge is 0.505 e. The fourth-order valence-corrected chi connectivity index (χ4v) is 1.39. The topological polar surface area (TPSA) is 32.3 Å². The second-order valence-corrected chi connectivity index (χ2v) is 3.75. The van der Waals surface area contributed by atoms with Crippen LogP contribution < -0.4 is 5.32 Å². The van der Waals surface area contributed by atoms with E-state index >= 15 is 0 Å². The standard InChI is InChI=1S/C11H16FNO/c1-7(2)13-8(3)9-4-5-11(14)10(12)6-9/h4-8,13-14H,1-3H3/t8-/m0/s1. The third kappa shape index (κ3) is 2.70. The van der Waals surface area contributed by atoms with Crippen molar-refractivity contribution >= 4 is 0 Å². The van der Waals surface area contributed by atoms with Gasteiger partial charge in [0.2, 0.25) is 0 Å². The Hall–Kier alpha value is -1.09. The van der Waals surface area contributed by atoms with Gasteiger partial charge in [0.15, 0.2) is 11.6 Å². The zero-order valence-electron chi connectivity index (χ0n) is 8.71. The lowest BCUT2D eigenvalue weighted by Gasteiger charge is -2.17. The summed E-state index contributed by atoms with van der Waals surface area (Å²) in [6.07, 6.45) is 0. The predicted octanol–water partition coefficient (Wildman–Crippen LogP) is 2.59. The average Bonchev–Trinajstić information content (AvgIpc) is 2.08. The summed E-state index contributed by atoms with van der Waals surface area (Å²) < 4.78 is 13.0. The van der Waals surface area contributed by atoms with Gasteiger partial charge in [-0.15, -0.1) is 0 Å². The second kappa shape index (κ2) is 4.42. The van der Waals surface area contributed by atoms with Crippen molar-refractivity contribution < 1.29 is 9.50 Å². The van der Waals surface area contributed by atoms with Gasteiger partial charge in [-0.2, -0.15) is 0 Å². The minimum Gasteiger partial charge on any atom is -0.505 e. The van der Waals surface area contributed by atoms with Crippen molar-refractivity contribution in [3.8, 4) is 5.75 Å². The van der Waals surface area contributed by atoms with E-state index in [0.29, 0.717) is 6.04 Å². The lowest BCUT2D eigenvalue weighted by molar-refractivity contribution is 0.429. The maximum Gasteiger partial charge on any atom is 0.165 e. The summed E-state index contributed by atoms with van der Waals surface area (Å²) in [5.74, 6) is -0.870. The van der Waals surface area contributed by atoms with Crippen LogP contribution in [0.25, 0.3) is 0 Å². The van der Waals surface area contributed by atoms with Gasteiger partial charge in [-0.25, -0.2) is 4.39 Å². The first kappa shape index (κ1) is 11.0. The summed E-state index contributed by atoms with van der Waals surface area (Å²) in [6.45, 7) is 6.03. The van der Waals surface area contributed by atoms with Crippen molar-refractivity contribution in [1.29, 1.82) is 0 Å². The molecule has 0 fully saturated rings. The first-order valence-electron chi connectivity index (χ1n) is 4.75. The van der Waals surface area contributed by atoms with Crippen molar-refractivity contribution in [2.45, 2.75) is 32.9 Å². The predicted molar refractivity (Wildman–Crippen MR) is 54.8 cm³/mol. The summed E-state index contributed by atoms with van der Waals surface area (Å²) in [6, 6.07) is 4.89. The number of nitrogens with one attached hydrogen (secondary N) is 1. The van der Waals surface area contributed by atoms with Crippen LogP contribution in [-0.4, -0.2) is 11.1 Å². The molecule has 0 saturated carbocycles. The molecule has 3 heteroatoms. The van der Waals surface area contributed by atoms with Gasteiger partial charge in [0.25, 0.3) is 0 Å². The lowest BCUT2D eigenvalue weighted by atomic mass is 10.1.